The molecule has 1 rings (SSSR count). The average Bonchev–Trinajstić information content (AvgIpc) is 2.31. The molecule has 58 valence electrons. The van der Waals surface area contributed by atoms with E-state index in [2.05, 4.69) is 10.2 Å². The number of rotatable bonds is 2. The van der Waals surface area contributed by atoms with E-state index in [0.29, 0.717) is 5.69 Å². The number of aliphatic carboxylic acids is 1. The first-order valence-electron chi connectivity index (χ1n) is 3.11. The van der Waals surface area contributed by atoms with E-state index in [-0.39, 0.29) is 0 Å². The van der Waals surface area contributed by atoms with E-state index in [9.17, 15) is 4.79 Å². The highest BCUT2D eigenvalue weighted by atomic mass is 16.4. The molecule has 0 aliphatic heterocycles. The number of nitrogens with zero attached hydrogens (tertiary/aromatic N) is 1. The molecule has 0 saturated heterocycles. The predicted molar refractivity (Wildman–Crippen MR) is 40.0 cm³/mol. The summed E-state index contributed by atoms with van der Waals surface area (Å²) in [6.45, 7) is 1.85. The second kappa shape index (κ2) is 3.01. The van der Waals surface area contributed by atoms with Crippen molar-refractivity contribution in [2.75, 3.05) is 0 Å². The van der Waals surface area contributed by atoms with Crippen molar-refractivity contribution in [3.63, 3.8) is 0 Å². The van der Waals surface area contributed by atoms with Crippen molar-refractivity contribution in [2.45, 2.75) is 6.92 Å². The molecule has 0 amide bonds. The summed E-state index contributed by atoms with van der Waals surface area (Å²) in [5.41, 5.74) is 1.54. The summed E-state index contributed by atoms with van der Waals surface area (Å²) in [5.74, 6) is -0.967. The maximum atomic E-state index is 10.1. The summed E-state index contributed by atoms with van der Waals surface area (Å²) in [7, 11) is 0. The number of hydrogen-bond acceptors (Lipinski definition) is 2. The van der Waals surface area contributed by atoms with Gasteiger partial charge in [0, 0.05) is 11.8 Å². The van der Waals surface area contributed by atoms with Crippen LogP contribution in [-0.2, 0) is 4.79 Å². The number of aromatic nitrogens is 2. The number of carboxylic acid groups (broad SMARTS) is 1. The van der Waals surface area contributed by atoms with Crippen molar-refractivity contribution in [3.05, 3.63) is 23.5 Å². The lowest BCUT2D eigenvalue weighted by atomic mass is 10.3. The summed E-state index contributed by atoms with van der Waals surface area (Å²) in [5, 5.41) is 14.8. The van der Waals surface area contributed by atoms with Gasteiger partial charge in [0.2, 0.25) is 0 Å². The minimum atomic E-state index is -0.967. The van der Waals surface area contributed by atoms with Crippen molar-refractivity contribution >= 4 is 12.0 Å². The van der Waals surface area contributed by atoms with Gasteiger partial charge in [-0.1, -0.05) is 0 Å². The van der Waals surface area contributed by atoms with Crippen LogP contribution in [0.3, 0.4) is 0 Å². The maximum absolute atomic E-state index is 10.1. The lowest BCUT2D eigenvalue weighted by Crippen LogP contribution is -1.85. The molecule has 4 heteroatoms. The van der Waals surface area contributed by atoms with Crippen LogP contribution in [0.1, 0.15) is 11.4 Å². The second-order valence-electron chi connectivity index (χ2n) is 2.15. The quantitative estimate of drug-likeness (QED) is 0.616. The Labute approximate surface area is 63.6 Å². The highest BCUT2D eigenvalue weighted by Gasteiger charge is 1.92. The van der Waals surface area contributed by atoms with Crippen molar-refractivity contribution < 1.29 is 9.90 Å². The SMILES string of the molecule is Cc1cc(/C=C/C(=O)O)n[nH]1. The lowest BCUT2D eigenvalue weighted by Gasteiger charge is -1.77. The molecule has 0 unspecified atom stereocenters. The number of hydrogen-bond donors (Lipinski definition) is 2. The van der Waals surface area contributed by atoms with Gasteiger partial charge in [0.1, 0.15) is 0 Å². The molecule has 0 aliphatic carbocycles. The van der Waals surface area contributed by atoms with E-state index < -0.39 is 5.97 Å². The Bertz CT molecular complexity index is 288. The summed E-state index contributed by atoms with van der Waals surface area (Å²) in [4.78, 5) is 10.1. The van der Waals surface area contributed by atoms with Crippen LogP contribution in [-0.4, -0.2) is 21.3 Å². The van der Waals surface area contributed by atoms with Crippen LogP contribution >= 0.6 is 0 Å². The van der Waals surface area contributed by atoms with Gasteiger partial charge in [-0.25, -0.2) is 4.79 Å². The third-order valence-corrected chi connectivity index (χ3v) is 1.12. The van der Waals surface area contributed by atoms with E-state index in [1.165, 1.54) is 6.08 Å². The maximum Gasteiger partial charge on any atom is 0.328 e. The van der Waals surface area contributed by atoms with Gasteiger partial charge in [-0.05, 0) is 19.1 Å². The zero-order valence-corrected chi connectivity index (χ0v) is 6.03. The molecule has 1 aromatic heterocycles. The van der Waals surface area contributed by atoms with Crippen LogP contribution in [0.2, 0.25) is 0 Å². The fourth-order valence-electron chi connectivity index (χ4n) is 0.681. The molecule has 4 nitrogen and oxygen atoms in total. The third-order valence-electron chi connectivity index (χ3n) is 1.12. The Balaban J connectivity index is 2.71. The van der Waals surface area contributed by atoms with Crippen LogP contribution in [0.15, 0.2) is 12.1 Å². The Morgan fingerprint density at radius 1 is 1.82 bits per heavy atom. The van der Waals surface area contributed by atoms with E-state index in [4.69, 9.17) is 5.11 Å². The molecular weight excluding hydrogens is 144 g/mol. The lowest BCUT2D eigenvalue weighted by molar-refractivity contribution is -0.131. The highest BCUT2D eigenvalue weighted by Crippen LogP contribution is 1.99. The van der Waals surface area contributed by atoms with E-state index in [1.807, 2.05) is 6.92 Å². The molecule has 0 fully saturated rings. The number of H-pyrrole nitrogens is 1. The molecule has 11 heavy (non-hydrogen) atoms. The Kier molecular flexibility index (Phi) is 2.06. The van der Waals surface area contributed by atoms with Crippen molar-refractivity contribution in [3.8, 4) is 0 Å². The van der Waals surface area contributed by atoms with Gasteiger partial charge in [-0.2, -0.15) is 5.10 Å². The van der Waals surface area contributed by atoms with Gasteiger partial charge in [-0.3, -0.25) is 5.10 Å². The van der Waals surface area contributed by atoms with E-state index >= 15 is 0 Å². The number of aromatic amines is 1. The zero-order chi connectivity index (χ0) is 8.27. The largest absolute Gasteiger partial charge is 0.478 e. The number of aryl methyl sites for hydroxylation is 1. The average molecular weight is 152 g/mol. The van der Waals surface area contributed by atoms with Gasteiger partial charge in [0.05, 0.1) is 5.69 Å². The van der Waals surface area contributed by atoms with Crippen LogP contribution in [0.4, 0.5) is 0 Å². The summed E-state index contributed by atoms with van der Waals surface area (Å²) < 4.78 is 0. The monoisotopic (exact) mass is 152 g/mol. The van der Waals surface area contributed by atoms with E-state index in [1.54, 1.807) is 6.07 Å². The smallest absolute Gasteiger partial charge is 0.328 e. The molecule has 2 N–H and O–H groups in total. The first-order chi connectivity index (χ1) is 5.18. The van der Waals surface area contributed by atoms with Crippen molar-refractivity contribution in [1.82, 2.24) is 10.2 Å². The zero-order valence-electron chi connectivity index (χ0n) is 6.03. The van der Waals surface area contributed by atoms with Crippen molar-refractivity contribution in [1.29, 1.82) is 0 Å². The number of carbonyl (C=O) groups is 1. The first kappa shape index (κ1) is 7.53. The Morgan fingerprint density at radius 3 is 3.00 bits per heavy atom. The van der Waals surface area contributed by atoms with Gasteiger partial charge in [0.15, 0.2) is 0 Å². The van der Waals surface area contributed by atoms with Crippen molar-refractivity contribution in [2.24, 2.45) is 0 Å². The van der Waals surface area contributed by atoms with Crippen LogP contribution in [0, 0.1) is 6.92 Å². The number of carboxylic acids is 1. The predicted octanol–water partition coefficient (Wildman–Crippen LogP) is 0.816. The minimum Gasteiger partial charge on any atom is -0.478 e. The van der Waals surface area contributed by atoms with Crippen LogP contribution < -0.4 is 0 Å². The topological polar surface area (TPSA) is 66.0 Å². The minimum absolute atomic E-state index is 0.630. The molecule has 0 spiro atoms. The molecule has 0 atom stereocenters. The Morgan fingerprint density at radius 2 is 2.55 bits per heavy atom. The molecule has 0 saturated carbocycles. The summed E-state index contributed by atoms with van der Waals surface area (Å²) in [6.07, 6.45) is 2.49. The van der Waals surface area contributed by atoms with E-state index in [0.717, 1.165) is 11.8 Å². The standard InChI is InChI=1S/C7H8N2O2/c1-5-4-6(9-8-5)2-3-7(10)11/h2-4H,1H3,(H,8,9)(H,10,11)/b3-2+. The molecular formula is C7H8N2O2. The molecule has 0 aromatic carbocycles. The highest BCUT2D eigenvalue weighted by molar-refractivity contribution is 5.84. The van der Waals surface area contributed by atoms with Gasteiger partial charge < -0.3 is 5.11 Å². The normalized spacial score (nSPS) is 10.6. The van der Waals surface area contributed by atoms with Crippen LogP contribution in [0.25, 0.3) is 6.08 Å². The molecule has 1 heterocycles. The molecule has 1 aromatic rings. The molecule has 0 bridgehead atoms. The molecule has 0 aliphatic rings. The summed E-state index contributed by atoms with van der Waals surface area (Å²) in [6, 6.07) is 1.76. The number of nitrogens with one attached hydrogen (secondary N) is 1. The fraction of sp³-hybridized carbons (Fsp3) is 0.143. The second-order valence-corrected chi connectivity index (χ2v) is 2.15. The van der Waals surface area contributed by atoms with Gasteiger partial charge in [0.25, 0.3) is 0 Å². The van der Waals surface area contributed by atoms with Crippen LogP contribution in [0.5, 0.6) is 0 Å². The Hall–Kier alpha value is -1.58. The summed E-state index contributed by atoms with van der Waals surface area (Å²) >= 11 is 0. The van der Waals surface area contributed by atoms with Gasteiger partial charge >= 0.3 is 5.97 Å². The molecule has 0 radical (unpaired) electrons. The van der Waals surface area contributed by atoms with Gasteiger partial charge in [-0.15, -0.1) is 0 Å². The third kappa shape index (κ3) is 2.25. The first-order valence-corrected chi connectivity index (χ1v) is 3.11. The fourth-order valence-corrected chi connectivity index (χ4v) is 0.681.